The van der Waals surface area contributed by atoms with Crippen molar-refractivity contribution in [3.8, 4) is 0 Å². The Hall–Kier alpha value is -0.120. The summed E-state index contributed by atoms with van der Waals surface area (Å²) >= 11 is 0. The first kappa shape index (κ1) is 10.4. The fourth-order valence-corrected chi connectivity index (χ4v) is 2.43. The Labute approximate surface area is 87.4 Å². The molecule has 2 saturated heterocycles. The third-order valence-corrected chi connectivity index (χ3v) is 3.36. The number of nitrogens with zero attached hydrogens (tertiary/aromatic N) is 3. The number of rotatable bonds is 1. The third kappa shape index (κ3) is 2.69. The SMILES string of the molecule is CN1CC[N]C(N2CCCCCC2)C1. The van der Waals surface area contributed by atoms with Gasteiger partial charge in [-0.3, -0.25) is 4.90 Å². The maximum Gasteiger partial charge on any atom is 0.0890 e. The minimum atomic E-state index is 0.492. The van der Waals surface area contributed by atoms with Crippen LogP contribution >= 0.6 is 0 Å². The van der Waals surface area contributed by atoms with Crippen LogP contribution in [0.15, 0.2) is 0 Å². The molecule has 0 aromatic rings. The molecule has 1 unspecified atom stereocenters. The van der Waals surface area contributed by atoms with E-state index in [1.165, 1.54) is 38.8 Å². The summed E-state index contributed by atoms with van der Waals surface area (Å²) in [6.45, 7) is 5.84. The van der Waals surface area contributed by atoms with Gasteiger partial charge in [0.2, 0.25) is 0 Å². The molecule has 2 aliphatic heterocycles. The second-order valence-corrected chi connectivity index (χ2v) is 4.60. The highest BCUT2D eigenvalue weighted by molar-refractivity contribution is 4.78. The molecule has 0 amide bonds. The molecule has 81 valence electrons. The minimum absolute atomic E-state index is 0.492. The molecule has 0 saturated carbocycles. The van der Waals surface area contributed by atoms with Crippen LogP contribution < -0.4 is 5.32 Å². The van der Waals surface area contributed by atoms with Gasteiger partial charge in [-0.1, -0.05) is 12.8 Å². The van der Waals surface area contributed by atoms with Crippen molar-refractivity contribution < 1.29 is 0 Å². The van der Waals surface area contributed by atoms with Crippen molar-refractivity contribution >= 4 is 0 Å². The first-order chi connectivity index (χ1) is 6.86. The summed E-state index contributed by atoms with van der Waals surface area (Å²) in [5, 5.41) is 4.73. The lowest BCUT2D eigenvalue weighted by Gasteiger charge is -2.36. The van der Waals surface area contributed by atoms with E-state index in [-0.39, 0.29) is 0 Å². The first-order valence-corrected chi connectivity index (χ1v) is 5.95. The van der Waals surface area contributed by atoms with E-state index >= 15 is 0 Å². The lowest BCUT2D eigenvalue weighted by atomic mass is 10.2. The topological polar surface area (TPSA) is 20.6 Å². The van der Waals surface area contributed by atoms with Crippen LogP contribution in [0.4, 0.5) is 0 Å². The Kier molecular flexibility index (Phi) is 3.79. The fourth-order valence-electron chi connectivity index (χ4n) is 2.43. The molecule has 0 spiro atoms. The van der Waals surface area contributed by atoms with Gasteiger partial charge >= 0.3 is 0 Å². The van der Waals surface area contributed by atoms with Crippen molar-refractivity contribution in [2.45, 2.75) is 31.8 Å². The Bertz CT molecular complexity index is 164. The molecule has 14 heavy (non-hydrogen) atoms. The van der Waals surface area contributed by atoms with Crippen LogP contribution in [0.2, 0.25) is 0 Å². The molecule has 0 bridgehead atoms. The highest BCUT2D eigenvalue weighted by Crippen LogP contribution is 2.13. The normalized spacial score (nSPS) is 32.8. The molecule has 3 heteroatoms. The zero-order chi connectivity index (χ0) is 9.80. The maximum absolute atomic E-state index is 4.73. The van der Waals surface area contributed by atoms with Gasteiger partial charge in [0.25, 0.3) is 0 Å². The van der Waals surface area contributed by atoms with Crippen LogP contribution in [0.25, 0.3) is 0 Å². The smallest absolute Gasteiger partial charge is 0.0890 e. The Morgan fingerprint density at radius 1 is 1.00 bits per heavy atom. The molecule has 0 aromatic heterocycles. The van der Waals surface area contributed by atoms with Crippen LogP contribution in [-0.2, 0) is 0 Å². The molecule has 0 aromatic carbocycles. The predicted octanol–water partition coefficient (Wildman–Crippen LogP) is 0.738. The van der Waals surface area contributed by atoms with Crippen molar-refractivity contribution in [3.05, 3.63) is 0 Å². The van der Waals surface area contributed by atoms with Gasteiger partial charge in [-0.2, -0.15) is 0 Å². The van der Waals surface area contributed by atoms with Gasteiger partial charge in [0.05, 0.1) is 6.17 Å². The van der Waals surface area contributed by atoms with Gasteiger partial charge < -0.3 is 4.90 Å². The summed E-state index contributed by atoms with van der Waals surface area (Å²) < 4.78 is 0. The predicted molar refractivity (Wildman–Crippen MR) is 58.3 cm³/mol. The molecular weight excluding hydrogens is 174 g/mol. The Morgan fingerprint density at radius 2 is 1.71 bits per heavy atom. The molecule has 2 heterocycles. The Morgan fingerprint density at radius 3 is 2.36 bits per heavy atom. The summed E-state index contributed by atoms with van der Waals surface area (Å²) in [5.74, 6) is 0. The average Bonchev–Trinajstić information content (AvgIpc) is 2.45. The zero-order valence-electron chi connectivity index (χ0n) is 9.28. The van der Waals surface area contributed by atoms with Crippen molar-refractivity contribution in [1.29, 1.82) is 0 Å². The van der Waals surface area contributed by atoms with E-state index in [4.69, 9.17) is 5.32 Å². The Balaban J connectivity index is 1.85. The van der Waals surface area contributed by atoms with Crippen LogP contribution in [0.5, 0.6) is 0 Å². The second kappa shape index (κ2) is 5.10. The van der Waals surface area contributed by atoms with Gasteiger partial charge in [-0.15, -0.1) is 0 Å². The molecule has 0 aliphatic carbocycles. The van der Waals surface area contributed by atoms with Gasteiger partial charge in [0, 0.05) is 19.6 Å². The summed E-state index contributed by atoms with van der Waals surface area (Å²) in [6, 6.07) is 0. The maximum atomic E-state index is 4.73. The quantitative estimate of drug-likeness (QED) is 0.616. The standard InChI is InChI=1S/C11H22N3/c1-13-9-6-12-11(10-13)14-7-4-2-3-5-8-14/h11H,2-10H2,1H3. The molecule has 2 aliphatic rings. The van der Waals surface area contributed by atoms with Crippen LogP contribution in [0.1, 0.15) is 25.7 Å². The molecule has 2 rings (SSSR count). The highest BCUT2D eigenvalue weighted by Gasteiger charge is 2.24. The van der Waals surface area contributed by atoms with Crippen molar-refractivity contribution in [2.24, 2.45) is 0 Å². The van der Waals surface area contributed by atoms with E-state index in [0.29, 0.717) is 6.17 Å². The first-order valence-electron chi connectivity index (χ1n) is 5.95. The average molecular weight is 196 g/mol. The third-order valence-electron chi connectivity index (χ3n) is 3.36. The van der Waals surface area contributed by atoms with Gasteiger partial charge in [-0.05, 0) is 33.0 Å². The van der Waals surface area contributed by atoms with Crippen molar-refractivity contribution in [3.63, 3.8) is 0 Å². The van der Waals surface area contributed by atoms with E-state index in [2.05, 4.69) is 16.8 Å². The largest absolute Gasteiger partial charge is 0.302 e. The molecular formula is C11H22N3. The lowest BCUT2D eigenvalue weighted by Crippen LogP contribution is -2.54. The van der Waals surface area contributed by atoms with Crippen LogP contribution in [0, 0.1) is 0 Å². The zero-order valence-corrected chi connectivity index (χ0v) is 9.28. The number of hydrogen-bond acceptors (Lipinski definition) is 2. The van der Waals surface area contributed by atoms with Gasteiger partial charge in [0.15, 0.2) is 0 Å². The van der Waals surface area contributed by atoms with E-state index < -0.39 is 0 Å². The van der Waals surface area contributed by atoms with Crippen LogP contribution in [-0.4, -0.2) is 55.7 Å². The molecule has 0 N–H and O–H groups in total. The van der Waals surface area contributed by atoms with E-state index in [1.807, 2.05) is 0 Å². The molecule has 3 nitrogen and oxygen atoms in total. The van der Waals surface area contributed by atoms with E-state index in [1.54, 1.807) is 0 Å². The highest BCUT2D eigenvalue weighted by atomic mass is 15.3. The number of piperazine rings is 1. The summed E-state index contributed by atoms with van der Waals surface area (Å²) in [4.78, 5) is 4.99. The number of likely N-dealkylation sites (N-methyl/N-ethyl adjacent to an activating group) is 1. The minimum Gasteiger partial charge on any atom is -0.302 e. The lowest BCUT2D eigenvalue weighted by molar-refractivity contribution is 0.0963. The molecule has 1 atom stereocenters. The second-order valence-electron chi connectivity index (χ2n) is 4.60. The van der Waals surface area contributed by atoms with Crippen molar-refractivity contribution in [2.75, 3.05) is 39.8 Å². The molecule has 1 radical (unpaired) electrons. The van der Waals surface area contributed by atoms with E-state index in [0.717, 1.165) is 19.6 Å². The van der Waals surface area contributed by atoms with Crippen LogP contribution in [0.3, 0.4) is 0 Å². The monoisotopic (exact) mass is 196 g/mol. The fraction of sp³-hybridized carbons (Fsp3) is 1.00. The van der Waals surface area contributed by atoms with E-state index in [9.17, 15) is 0 Å². The van der Waals surface area contributed by atoms with Crippen molar-refractivity contribution in [1.82, 2.24) is 15.1 Å². The summed E-state index contributed by atoms with van der Waals surface area (Å²) in [7, 11) is 2.21. The summed E-state index contributed by atoms with van der Waals surface area (Å²) in [5.41, 5.74) is 0. The summed E-state index contributed by atoms with van der Waals surface area (Å²) in [6.07, 6.45) is 6.07. The van der Waals surface area contributed by atoms with Gasteiger partial charge in [0.1, 0.15) is 0 Å². The number of hydrogen-bond donors (Lipinski definition) is 0. The number of likely N-dealkylation sites (tertiary alicyclic amines) is 1. The molecule has 2 fully saturated rings. The van der Waals surface area contributed by atoms with Gasteiger partial charge in [-0.25, -0.2) is 5.32 Å².